The summed E-state index contributed by atoms with van der Waals surface area (Å²) >= 11 is 12.4. The molecule has 3 unspecified atom stereocenters. The van der Waals surface area contributed by atoms with Crippen LogP contribution in [0.4, 0.5) is 0 Å². The topological polar surface area (TPSA) is 86.3 Å². The van der Waals surface area contributed by atoms with E-state index in [4.69, 9.17) is 42.1 Å². The van der Waals surface area contributed by atoms with Crippen molar-refractivity contribution in [2.45, 2.75) is 31.2 Å². The van der Waals surface area contributed by atoms with Gasteiger partial charge in [-0.2, -0.15) is 0 Å². The lowest BCUT2D eigenvalue weighted by atomic mass is 9.98. The van der Waals surface area contributed by atoms with Crippen LogP contribution in [-0.4, -0.2) is 62.3 Å². The quantitative estimate of drug-likeness (QED) is 0.616. The number of hydrogen-bond donors (Lipinski definition) is 1. The van der Waals surface area contributed by atoms with Gasteiger partial charge in [-0.25, -0.2) is 0 Å². The Kier molecular flexibility index (Phi) is 7.23. The highest BCUT2D eigenvalue weighted by atomic mass is 35.5. The zero-order valence-electron chi connectivity index (χ0n) is 19.1. The molecule has 2 amide bonds. The van der Waals surface area contributed by atoms with Crippen molar-refractivity contribution in [2.75, 3.05) is 34.0 Å². The third-order valence-corrected chi connectivity index (χ3v) is 6.73. The monoisotopic (exact) mass is 508 g/mol. The van der Waals surface area contributed by atoms with Crippen LogP contribution in [0.3, 0.4) is 0 Å². The van der Waals surface area contributed by atoms with Crippen LogP contribution in [0.2, 0.25) is 10.0 Å². The Balaban J connectivity index is 1.60. The fraction of sp³-hybridized carbons (Fsp3) is 0.417. The van der Waals surface area contributed by atoms with Gasteiger partial charge in [0, 0.05) is 36.3 Å². The fourth-order valence-electron chi connectivity index (χ4n) is 4.29. The number of ether oxygens (including phenoxy) is 4. The molecule has 1 fully saturated rings. The van der Waals surface area contributed by atoms with Crippen molar-refractivity contribution in [2.24, 2.45) is 0 Å². The summed E-state index contributed by atoms with van der Waals surface area (Å²) in [5.74, 6) is 0.316. The number of nitrogens with one attached hydrogen (secondary N) is 1. The Labute approximate surface area is 208 Å². The van der Waals surface area contributed by atoms with Crippen molar-refractivity contribution < 1.29 is 28.5 Å². The van der Waals surface area contributed by atoms with E-state index in [0.717, 1.165) is 5.56 Å². The molecule has 2 aliphatic rings. The normalized spacial score (nSPS) is 23.6. The molecule has 0 bridgehead atoms. The highest BCUT2D eigenvalue weighted by Crippen LogP contribution is 2.42. The van der Waals surface area contributed by atoms with Gasteiger partial charge in [0.2, 0.25) is 12.0 Å². The lowest BCUT2D eigenvalue weighted by molar-refractivity contribution is -0.151. The minimum atomic E-state index is -1.32. The maximum Gasteiger partial charge on any atom is 0.267 e. The van der Waals surface area contributed by atoms with Crippen LogP contribution in [0, 0.1) is 0 Å². The van der Waals surface area contributed by atoms with Gasteiger partial charge in [0.15, 0.2) is 0 Å². The van der Waals surface area contributed by atoms with E-state index in [0.29, 0.717) is 27.1 Å². The molecule has 2 heterocycles. The summed E-state index contributed by atoms with van der Waals surface area (Å²) in [5.41, 5.74) is 0.0449. The Morgan fingerprint density at radius 1 is 1.24 bits per heavy atom. The number of carbonyl (C=O) groups excluding carboxylic acids is 2. The standard InChI is InChI=1S/C24H26Cl2N2O6/c1-24(23(30)27-12-16-17(26)10-14(25)11-19(16)32-3)13-33-20-15-6-4-5-7-18(15)34-21(20)22(29)28(24)8-9-31-2/h4-7,10-11,20-21H,8-9,12-13H2,1-3H3,(H,27,30). The molecule has 10 heteroatoms. The molecule has 3 atom stereocenters. The smallest absolute Gasteiger partial charge is 0.267 e. The molecular formula is C24H26Cl2N2O6. The van der Waals surface area contributed by atoms with Crippen LogP contribution in [0.1, 0.15) is 24.2 Å². The number of fused-ring (bicyclic) bond motifs is 3. The third-order valence-electron chi connectivity index (χ3n) is 6.18. The number of rotatable bonds is 7. The van der Waals surface area contributed by atoms with E-state index in [1.54, 1.807) is 25.1 Å². The second-order valence-electron chi connectivity index (χ2n) is 8.32. The highest BCUT2D eigenvalue weighted by molar-refractivity contribution is 6.35. The molecule has 0 spiro atoms. The van der Waals surface area contributed by atoms with Gasteiger partial charge in [-0.05, 0) is 25.1 Å². The predicted molar refractivity (Wildman–Crippen MR) is 126 cm³/mol. The molecule has 2 aliphatic heterocycles. The Hall–Kier alpha value is -2.52. The van der Waals surface area contributed by atoms with Gasteiger partial charge in [-0.1, -0.05) is 41.4 Å². The van der Waals surface area contributed by atoms with E-state index in [9.17, 15) is 9.59 Å². The summed E-state index contributed by atoms with van der Waals surface area (Å²) < 4.78 is 22.7. The van der Waals surface area contributed by atoms with E-state index in [1.807, 2.05) is 18.2 Å². The van der Waals surface area contributed by atoms with Gasteiger partial charge >= 0.3 is 0 Å². The second kappa shape index (κ2) is 10.00. The number of amides is 2. The molecule has 2 aromatic carbocycles. The molecule has 8 nitrogen and oxygen atoms in total. The second-order valence-corrected chi connectivity index (χ2v) is 9.16. The molecule has 0 saturated carbocycles. The molecule has 1 N–H and O–H groups in total. The zero-order chi connectivity index (χ0) is 24.5. The van der Waals surface area contributed by atoms with Gasteiger partial charge in [-0.3, -0.25) is 9.59 Å². The number of para-hydroxylation sites is 1. The average molecular weight is 509 g/mol. The minimum Gasteiger partial charge on any atom is -0.496 e. The van der Waals surface area contributed by atoms with Gasteiger partial charge in [-0.15, -0.1) is 0 Å². The van der Waals surface area contributed by atoms with Crippen molar-refractivity contribution in [3.8, 4) is 11.5 Å². The largest absolute Gasteiger partial charge is 0.496 e. The third kappa shape index (κ3) is 4.43. The average Bonchev–Trinajstić information content (AvgIpc) is 3.15. The Morgan fingerprint density at radius 2 is 2.00 bits per heavy atom. The molecular weight excluding hydrogens is 483 g/mol. The van der Waals surface area contributed by atoms with Gasteiger partial charge in [0.05, 0.1) is 25.3 Å². The number of nitrogens with zero attached hydrogens (tertiary/aromatic N) is 1. The number of halogens is 2. The van der Waals surface area contributed by atoms with Gasteiger partial charge in [0.1, 0.15) is 23.1 Å². The first-order valence-corrected chi connectivity index (χ1v) is 11.5. The Morgan fingerprint density at radius 3 is 2.74 bits per heavy atom. The maximum atomic E-state index is 13.6. The molecule has 0 aliphatic carbocycles. The minimum absolute atomic E-state index is 0.0291. The summed E-state index contributed by atoms with van der Waals surface area (Å²) in [6, 6.07) is 10.6. The number of benzene rings is 2. The molecule has 0 aromatic heterocycles. The summed E-state index contributed by atoms with van der Waals surface area (Å²) in [6.45, 7) is 2.15. The molecule has 34 heavy (non-hydrogen) atoms. The molecule has 182 valence electrons. The first-order chi connectivity index (χ1) is 16.3. The van der Waals surface area contributed by atoms with Crippen LogP contribution < -0.4 is 14.8 Å². The number of carbonyl (C=O) groups is 2. The van der Waals surface area contributed by atoms with Crippen molar-refractivity contribution >= 4 is 35.0 Å². The van der Waals surface area contributed by atoms with Crippen molar-refractivity contribution in [1.29, 1.82) is 0 Å². The van der Waals surface area contributed by atoms with E-state index in [1.165, 1.54) is 19.1 Å². The van der Waals surface area contributed by atoms with Crippen LogP contribution in [-0.2, 0) is 25.6 Å². The Bertz CT molecular complexity index is 1100. The first kappa shape index (κ1) is 24.6. The van der Waals surface area contributed by atoms with E-state index in [-0.39, 0.29) is 32.2 Å². The highest BCUT2D eigenvalue weighted by Gasteiger charge is 2.53. The molecule has 0 radical (unpaired) electrons. The lowest BCUT2D eigenvalue weighted by Gasteiger charge is -2.38. The van der Waals surface area contributed by atoms with E-state index < -0.39 is 23.7 Å². The number of hydrogen-bond acceptors (Lipinski definition) is 6. The van der Waals surface area contributed by atoms with Gasteiger partial charge in [0.25, 0.3) is 5.91 Å². The first-order valence-electron chi connectivity index (χ1n) is 10.8. The fourth-order valence-corrected chi connectivity index (χ4v) is 4.83. The van der Waals surface area contributed by atoms with E-state index >= 15 is 0 Å². The van der Waals surface area contributed by atoms with Crippen molar-refractivity contribution in [3.63, 3.8) is 0 Å². The SMILES string of the molecule is COCCN1C(=O)C2Oc3ccccc3C2OCC1(C)C(=O)NCc1c(Cl)cc(Cl)cc1OC. The van der Waals surface area contributed by atoms with Crippen LogP contribution in [0.5, 0.6) is 11.5 Å². The molecule has 1 saturated heterocycles. The number of methoxy groups -OCH3 is 2. The van der Waals surface area contributed by atoms with Crippen LogP contribution in [0.25, 0.3) is 0 Å². The zero-order valence-corrected chi connectivity index (χ0v) is 20.6. The summed E-state index contributed by atoms with van der Waals surface area (Å²) in [7, 11) is 3.03. The van der Waals surface area contributed by atoms with Gasteiger partial charge < -0.3 is 29.2 Å². The lowest BCUT2D eigenvalue weighted by Crippen LogP contribution is -2.62. The maximum absolute atomic E-state index is 13.6. The summed E-state index contributed by atoms with van der Waals surface area (Å²) in [4.78, 5) is 28.6. The summed E-state index contributed by atoms with van der Waals surface area (Å²) in [5, 5.41) is 3.66. The predicted octanol–water partition coefficient (Wildman–Crippen LogP) is 3.38. The molecule has 4 rings (SSSR count). The van der Waals surface area contributed by atoms with Crippen LogP contribution >= 0.6 is 23.2 Å². The van der Waals surface area contributed by atoms with E-state index in [2.05, 4.69) is 5.32 Å². The van der Waals surface area contributed by atoms with Crippen molar-refractivity contribution in [3.05, 3.63) is 57.6 Å². The molecule has 2 aromatic rings. The van der Waals surface area contributed by atoms with Crippen LogP contribution in [0.15, 0.2) is 36.4 Å². The summed E-state index contributed by atoms with van der Waals surface area (Å²) in [6.07, 6.45) is -1.48. The van der Waals surface area contributed by atoms with Crippen molar-refractivity contribution in [1.82, 2.24) is 10.2 Å².